The van der Waals surface area contributed by atoms with Crippen LogP contribution in [0.4, 0.5) is 16.3 Å². The molecule has 0 radical (unpaired) electrons. The van der Waals surface area contributed by atoms with Crippen LogP contribution in [-0.2, 0) is 22.8 Å². The maximum absolute atomic E-state index is 13.5. The molecule has 4 aromatic rings. The summed E-state index contributed by atoms with van der Waals surface area (Å²) in [7, 11) is 1.94. The van der Waals surface area contributed by atoms with E-state index in [0.29, 0.717) is 18.9 Å². The molecule has 10 heteroatoms. The molecule has 0 unspecified atom stereocenters. The number of piperidine rings is 1. The third-order valence-electron chi connectivity index (χ3n) is 7.75. The Morgan fingerprint density at radius 1 is 1.05 bits per heavy atom. The molecule has 1 fully saturated rings. The first kappa shape index (κ1) is 28.3. The predicted octanol–water partition coefficient (Wildman–Crippen LogP) is 4.97. The minimum Gasteiger partial charge on any atom is -0.444 e. The first-order chi connectivity index (χ1) is 19.9. The van der Waals surface area contributed by atoms with Gasteiger partial charge in [-0.2, -0.15) is 0 Å². The third-order valence-corrected chi connectivity index (χ3v) is 7.75. The zero-order chi connectivity index (χ0) is 28.8. The van der Waals surface area contributed by atoms with Gasteiger partial charge < -0.3 is 19.1 Å². The normalized spacial score (nSPS) is 14.0. The van der Waals surface area contributed by atoms with Crippen LogP contribution in [0.25, 0.3) is 11.0 Å². The summed E-state index contributed by atoms with van der Waals surface area (Å²) in [4.78, 5) is 38.6. The molecular formula is C31H37FN6O3. The van der Waals surface area contributed by atoms with Gasteiger partial charge in [-0.1, -0.05) is 44.0 Å². The van der Waals surface area contributed by atoms with Gasteiger partial charge in [-0.25, -0.2) is 18.9 Å². The van der Waals surface area contributed by atoms with Gasteiger partial charge in [0, 0.05) is 44.9 Å². The first-order valence-corrected chi connectivity index (χ1v) is 14.3. The second-order valence-corrected chi connectivity index (χ2v) is 10.6. The van der Waals surface area contributed by atoms with Crippen LogP contribution in [-0.4, -0.2) is 51.3 Å². The fraction of sp³-hybridized carbons (Fsp3) is 0.419. The van der Waals surface area contributed by atoms with E-state index in [1.165, 1.54) is 29.0 Å². The molecule has 0 N–H and O–H groups in total. The van der Waals surface area contributed by atoms with Crippen LogP contribution >= 0.6 is 0 Å². The van der Waals surface area contributed by atoms with E-state index in [0.717, 1.165) is 67.7 Å². The molecule has 0 spiro atoms. The summed E-state index contributed by atoms with van der Waals surface area (Å²) in [6.45, 7) is 4.06. The van der Waals surface area contributed by atoms with Gasteiger partial charge >= 0.3 is 5.97 Å². The number of rotatable bonds is 11. The number of anilines is 2. The lowest BCUT2D eigenvalue weighted by Crippen LogP contribution is -2.46. The van der Waals surface area contributed by atoms with E-state index in [-0.39, 0.29) is 30.1 Å². The van der Waals surface area contributed by atoms with Gasteiger partial charge in [0.2, 0.25) is 11.9 Å². The van der Waals surface area contributed by atoms with Crippen molar-refractivity contribution >= 4 is 28.9 Å². The molecule has 3 heterocycles. The second kappa shape index (κ2) is 13.0. The Bertz CT molecular complexity index is 1530. The standard InChI is InChI=1S/C31H37FN6O3/c1-3-4-5-10-29(40)41-22-38-28(39)15-18-33-30(38)35(2)25-16-19-36(20-17-25)31-34-26-8-6-7-9-27(26)37(31)21-23-11-13-24(32)14-12-23/h6-9,11-15,18,25H,3-5,10,16-17,19-22H2,1-2H3. The van der Waals surface area contributed by atoms with Crippen molar-refractivity contribution in [2.24, 2.45) is 0 Å². The third kappa shape index (κ3) is 6.58. The number of hydrogen-bond donors (Lipinski definition) is 0. The number of para-hydroxylation sites is 2. The van der Waals surface area contributed by atoms with Gasteiger partial charge in [-0.05, 0) is 49.1 Å². The highest BCUT2D eigenvalue weighted by Crippen LogP contribution is 2.28. The molecule has 5 rings (SSSR count). The fourth-order valence-corrected chi connectivity index (χ4v) is 5.41. The molecular weight excluding hydrogens is 523 g/mol. The Kier molecular flexibility index (Phi) is 8.96. The van der Waals surface area contributed by atoms with Gasteiger partial charge in [0.15, 0.2) is 6.73 Å². The van der Waals surface area contributed by atoms with Crippen molar-refractivity contribution in [3.05, 3.63) is 82.5 Å². The van der Waals surface area contributed by atoms with Crippen LogP contribution in [0.3, 0.4) is 0 Å². The maximum Gasteiger partial charge on any atom is 0.307 e. The smallest absolute Gasteiger partial charge is 0.307 e. The number of ether oxygens (including phenoxy) is 1. The molecule has 0 atom stereocenters. The van der Waals surface area contributed by atoms with Crippen molar-refractivity contribution < 1.29 is 13.9 Å². The summed E-state index contributed by atoms with van der Waals surface area (Å²) < 4.78 is 22.6. The Hall–Kier alpha value is -4.21. The molecule has 41 heavy (non-hydrogen) atoms. The van der Waals surface area contributed by atoms with Crippen LogP contribution in [0.2, 0.25) is 0 Å². The second-order valence-electron chi connectivity index (χ2n) is 10.6. The molecule has 0 amide bonds. The van der Waals surface area contributed by atoms with Gasteiger partial charge in [0.05, 0.1) is 17.6 Å². The van der Waals surface area contributed by atoms with E-state index in [9.17, 15) is 14.0 Å². The SMILES string of the molecule is CCCCCC(=O)OCn1c(N(C)C2CCN(c3nc4ccccc4n3Cc3ccc(F)cc3)CC2)nccc1=O. The highest BCUT2D eigenvalue weighted by Gasteiger charge is 2.28. The van der Waals surface area contributed by atoms with Crippen molar-refractivity contribution in [2.45, 2.75) is 64.8 Å². The predicted molar refractivity (Wildman–Crippen MR) is 158 cm³/mol. The van der Waals surface area contributed by atoms with E-state index < -0.39 is 0 Å². The number of hydrogen-bond acceptors (Lipinski definition) is 7. The van der Waals surface area contributed by atoms with Gasteiger partial charge in [-0.3, -0.25) is 9.59 Å². The lowest BCUT2D eigenvalue weighted by Gasteiger charge is -2.38. The monoisotopic (exact) mass is 560 g/mol. The van der Waals surface area contributed by atoms with Gasteiger partial charge in [0.1, 0.15) is 5.82 Å². The van der Waals surface area contributed by atoms with E-state index in [2.05, 4.69) is 27.4 Å². The summed E-state index contributed by atoms with van der Waals surface area (Å²) in [5, 5.41) is 0. The van der Waals surface area contributed by atoms with E-state index >= 15 is 0 Å². The quantitative estimate of drug-likeness (QED) is 0.189. The number of halogens is 1. The molecule has 1 aliphatic rings. The van der Waals surface area contributed by atoms with E-state index in [1.807, 2.05) is 42.3 Å². The topological polar surface area (TPSA) is 85.5 Å². The van der Waals surface area contributed by atoms with Crippen LogP contribution < -0.4 is 15.4 Å². The number of fused-ring (bicyclic) bond motifs is 1. The Balaban J connectivity index is 1.29. The number of carbonyl (C=O) groups excluding carboxylic acids is 1. The zero-order valence-corrected chi connectivity index (χ0v) is 23.7. The molecule has 0 bridgehead atoms. The first-order valence-electron chi connectivity index (χ1n) is 14.3. The highest BCUT2D eigenvalue weighted by molar-refractivity contribution is 5.79. The van der Waals surface area contributed by atoms with Crippen molar-refractivity contribution in [1.82, 2.24) is 19.1 Å². The van der Waals surface area contributed by atoms with Crippen LogP contribution in [0.1, 0.15) is 51.0 Å². The number of unbranched alkanes of at least 4 members (excludes halogenated alkanes) is 2. The Morgan fingerprint density at radius 3 is 2.56 bits per heavy atom. The molecule has 1 aliphatic heterocycles. The number of carbonyl (C=O) groups is 1. The van der Waals surface area contributed by atoms with Gasteiger partial charge in [0.25, 0.3) is 5.56 Å². The molecule has 2 aromatic carbocycles. The molecule has 1 saturated heterocycles. The van der Waals surface area contributed by atoms with E-state index in [4.69, 9.17) is 9.72 Å². The van der Waals surface area contributed by atoms with Crippen LogP contribution in [0.5, 0.6) is 0 Å². The molecule has 2 aromatic heterocycles. The summed E-state index contributed by atoms with van der Waals surface area (Å²) in [5.74, 6) is 0.820. The zero-order valence-electron chi connectivity index (χ0n) is 23.7. The molecule has 9 nitrogen and oxygen atoms in total. The minimum absolute atomic E-state index is 0.141. The number of esters is 1. The van der Waals surface area contributed by atoms with Crippen LogP contribution in [0, 0.1) is 5.82 Å². The van der Waals surface area contributed by atoms with Crippen molar-refractivity contribution in [3.63, 3.8) is 0 Å². The van der Waals surface area contributed by atoms with Crippen molar-refractivity contribution in [3.8, 4) is 0 Å². The number of aromatic nitrogens is 4. The summed E-state index contributed by atoms with van der Waals surface area (Å²) in [6, 6.07) is 16.2. The fourth-order valence-electron chi connectivity index (χ4n) is 5.41. The number of nitrogens with zero attached hydrogens (tertiary/aromatic N) is 6. The Labute approximate surface area is 239 Å². The molecule has 0 saturated carbocycles. The summed E-state index contributed by atoms with van der Waals surface area (Å²) >= 11 is 0. The summed E-state index contributed by atoms with van der Waals surface area (Å²) in [6.07, 6.45) is 6.28. The Morgan fingerprint density at radius 2 is 1.80 bits per heavy atom. The van der Waals surface area contributed by atoms with Crippen LogP contribution in [0.15, 0.2) is 65.6 Å². The lowest BCUT2D eigenvalue weighted by molar-refractivity contribution is -0.147. The minimum atomic E-state index is -0.306. The average Bonchev–Trinajstić information content (AvgIpc) is 3.35. The largest absolute Gasteiger partial charge is 0.444 e. The number of imidazole rings is 1. The summed E-state index contributed by atoms with van der Waals surface area (Å²) in [5.41, 5.74) is 2.71. The number of benzene rings is 2. The maximum atomic E-state index is 13.5. The average molecular weight is 561 g/mol. The molecule has 0 aliphatic carbocycles. The van der Waals surface area contributed by atoms with Crippen molar-refractivity contribution in [1.29, 1.82) is 0 Å². The van der Waals surface area contributed by atoms with Gasteiger partial charge in [-0.15, -0.1) is 0 Å². The highest BCUT2D eigenvalue weighted by atomic mass is 19.1. The molecule has 216 valence electrons. The van der Waals surface area contributed by atoms with E-state index in [1.54, 1.807) is 0 Å². The lowest BCUT2D eigenvalue weighted by atomic mass is 10.0. The van der Waals surface area contributed by atoms with Crippen molar-refractivity contribution in [2.75, 3.05) is 29.9 Å².